The van der Waals surface area contributed by atoms with Gasteiger partial charge in [-0.15, -0.1) is 11.8 Å². The smallest absolute Gasteiger partial charge is 0.319 e. The molecule has 2 aromatic carbocycles. The fourth-order valence-electron chi connectivity index (χ4n) is 2.71. The van der Waals surface area contributed by atoms with Gasteiger partial charge in [0.05, 0.1) is 11.8 Å². The Hall–Kier alpha value is -2.41. The Morgan fingerprint density at radius 3 is 2.12 bits per heavy atom. The number of carbonyl (C=O) groups excluding carboxylic acids is 1. The highest BCUT2D eigenvalue weighted by Crippen LogP contribution is 2.40. The molecule has 4 nitrogen and oxygen atoms in total. The summed E-state index contributed by atoms with van der Waals surface area (Å²) in [6.45, 7) is 0. The van der Waals surface area contributed by atoms with Gasteiger partial charge in [-0.05, 0) is 42.0 Å². The van der Waals surface area contributed by atoms with Gasteiger partial charge in [0.15, 0.2) is 0 Å². The molecule has 0 bridgehead atoms. The third-order valence-electron chi connectivity index (χ3n) is 3.78. The van der Waals surface area contributed by atoms with E-state index < -0.39 is 28.9 Å². The first-order valence-corrected chi connectivity index (χ1v) is 8.20. The lowest BCUT2D eigenvalue weighted by Crippen LogP contribution is -2.48. The van der Waals surface area contributed by atoms with E-state index in [1.807, 2.05) is 0 Å². The molecule has 2 atom stereocenters. The summed E-state index contributed by atoms with van der Waals surface area (Å²) in [5, 5.41) is 8.62. The van der Waals surface area contributed by atoms with Gasteiger partial charge in [-0.2, -0.15) is 0 Å². The second-order valence-electron chi connectivity index (χ2n) is 5.31. The molecule has 2 unspecified atom stereocenters. The molecule has 7 heteroatoms. The minimum absolute atomic E-state index is 0.00599. The molecule has 0 aromatic heterocycles. The van der Waals surface area contributed by atoms with Crippen LogP contribution in [0.25, 0.3) is 0 Å². The third kappa shape index (κ3) is 3.12. The summed E-state index contributed by atoms with van der Waals surface area (Å²) in [7, 11) is 0. The van der Waals surface area contributed by atoms with Crippen LogP contribution in [0.4, 0.5) is 14.5 Å². The lowest BCUT2D eigenvalue weighted by molar-refractivity contribution is -0.137. The molecule has 0 aliphatic carbocycles. The average molecular weight is 349 g/mol. The second-order valence-corrected chi connectivity index (χ2v) is 6.44. The molecule has 1 amide bonds. The van der Waals surface area contributed by atoms with E-state index in [9.17, 15) is 23.5 Å². The van der Waals surface area contributed by atoms with Crippen molar-refractivity contribution in [3.63, 3.8) is 0 Å². The number of nitrogens with zero attached hydrogens (tertiary/aromatic N) is 1. The Kier molecular flexibility index (Phi) is 4.53. The molecule has 1 aliphatic rings. The van der Waals surface area contributed by atoms with Crippen molar-refractivity contribution in [2.75, 3.05) is 10.7 Å². The Morgan fingerprint density at radius 1 is 1.04 bits per heavy atom. The van der Waals surface area contributed by atoms with Gasteiger partial charge >= 0.3 is 5.97 Å². The molecule has 0 saturated carbocycles. The van der Waals surface area contributed by atoms with Crippen LogP contribution < -0.4 is 4.90 Å². The van der Waals surface area contributed by atoms with Crippen LogP contribution in [0.5, 0.6) is 0 Å². The van der Waals surface area contributed by atoms with Crippen molar-refractivity contribution in [3.8, 4) is 0 Å². The van der Waals surface area contributed by atoms with E-state index in [2.05, 4.69) is 0 Å². The molecular weight excluding hydrogens is 336 g/mol. The van der Waals surface area contributed by atoms with E-state index in [-0.39, 0.29) is 11.7 Å². The van der Waals surface area contributed by atoms with Gasteiger partial charge in [0, 0.05) is 5.69 Å². The standard InChI is InChI=1S/C17H13F2NO3S/c18-11-3-1-10(2-4-11)15-16(17(22)23)24-9-14(21)20(15)13-7-5-12(19)6-8-13/h1-8,15-16H,9H2,(H,22,23). The molecule has 1 aliphatic heterocycles. The molecule has 1 fully saturated rings. The summed E-state index contributed by atoms with van der Waals surface area (Å²) in [6.07, 6.45) is 0. The van der Waals surface area contributed by atoms with E-state index in [0.717, 1.165) is 11.8 Å². The summed E-state index contributed by atoms with van der Waals surface area (Å²) < 4.78 is 26.4. The Bertz CT molecular complexity index is 764. The summed E-state index contributed by atoms with van der Waals surface area (Å²) in [5.41, 5.74) is 0.913. The van der Waals surface area contributed by atoms with Crippen molar-refractivity contribution in [2.45, 2.75) is 11.3 Å². The van der Waals surface area contributed by atoms with Gasteiger partial charge in [0.25, 0.3) is 0 Å². The van der Waals surface area contributed by atoms with E-state index >= 15 is 0 Å². The number of rotatable bonds is 3. The van der Waals surface area contributed by atoms with Crippen LogP contribution in [0.3, 0.4) is 0 Å². The maximum absolute atomic E-state index is 13.2. The van der Waals surface area contributed by atoms with Crippen molar-refractivity contribution in [3.05, 3.63) is 65.7 Å². The van der Waals surface area contributed by atoms with E-state index in [0.29, 0.717) is 11.3 Å². The Balaban J connectivity index is 2.09. The number of thioether (sulfide) groups is 1. The van der Waals surface area contributed by atoms with Crippen LogP contribution in [-0.4, -0.2) is 28.0 Å². The van der Waals surface area contributed by atoms with Gasteiger partial charge in [0.2, 0.25) is 5.91 Å². The average Bonchev–Trinajstić information content (AvgIpc) is 2.56. The van der Waals surface area contributed by atoms with Crippen molar-refractivity contribution < 1.29 is 23.5 Å². The molecule has 0 radical (unpaired) electrons. The number of carbonyl (C=O) groups is 2. The molecular formula is C17H13F2NO3S. The molecule has 3 rings (SSSR count). The van der Waals surface area contributed by atoms with E-state index in [1.54, 1.807) is 0 Å². The van der Waals surface area contributed by atoms with Crippen LogP contribution in [-0.2, 0) is 9.59 Å². The van der Waals surface area contributed by atoms with Gasteiger partial charge in [-0.1, -0.05) is 12.1 Å². The number of amides is 1. The quantitative estimate of drug-likeness (QED) is 0.924. The minimum Gasteiger partial charge on any atom is -0.480 e. The predicted molar refractivity (Wildman–Crippen MR) is 86.9 cm³/mol. The highest BCUT2D eigenvalue weighted by atomic mass is 32.2. The number of carboxylic acid groups (broad SMARTS) is 1. The van der Waals surface area contributed by atoms with Crippen LogP contribution in [0.2, 0.25) is 0 Å². The highest BCUT2D eigenvalue weighted by molar-refractivity contribution is 8.01. The number of aliphatic carboxylic acids is 1. The number of benzene rings is 2. The fourth-order valence-corrected chi connectivity index (χ4v) is 3.77. The van der Waals surface area contributed by atoms with Crippen LogP contribution in [0, 0.1) is 11.6 Å². The van der Waals surface area contributed by atoms with Crippen LogP contribution in [0.15, 0.2) is 48.5 Å². The fraction of sp³-hybridized carbons (Fsp3) is 0.176. The topological polar surface area (TPSA) is 57.6 Å². The summed E-state index contributed by atoms with van der Waals surface area (Å²) in [6, 6.07) is 9.85. The SMILES string of the molecule is O=C(O)C1SCC(=O)N(c2ccc(F)cc2)C1c1ccc(F)cc1. The summed E-state index contributed by atoms with van der Waals surface area (Å²) in [4.78, 5) is 25.4. The monoisotopic (exact) mass is 349 g/mol. The number of carboxylic acids is 1. The van der Waals surface area contributed by atoms with E-state index in [1.165, 1.54) is 53.4 Å². The first kappa shape index (κ1) is 16.4. The largest absolute Gasteiger partial charge is 0.480 e. The molecule has 124 valence electrons. The first-order chi connectivity index (χ1) is 11.5. The zero-order valence-corrected chi connectivity index (χ0v) is 13.2. The normalized spacial score (nSPS) is 20.9. The van der Waals surface area contributed by atoms with Crippen LogP contribution in [0.1, 0.15) is 11.6 Å². The summed E-state index contributed by atoms with van der Waals surface area (Å²) >= 11 is 1.03. The van der Waals surface area contributed by atoms with Gasteiger partial charge in [0.1, 0.15) is 16.9 Å². The zero-order valence-electron chi connectivity index (χ0n) is 12.4. The van der Waals surface area contributed by atoms with Crippen molar-refractivity contribution in [1.82, 2.24) is 0 Å². The second kappa shape index (κ2) is 6.60. The minimum atomic E-state index is -1.06. The maximum atomic E-state index is 13.2. The van der Waals surface area contributed by atoms with Gasteiger partial charge in [-0.25, -0.2) is 8.78 Å². The van der Waals surface area contributed by atoms with Gasteiger partial charge < -0.3 is 10.0 Å². The summed E-state index contributed by atoms with van der Waals surface area (Å²) in [5.74, 6) is -2.24. The predicted octanol–water partition coefficient (Wildman–Crippen LogP) is 3.24. The Morgan fingerprint density at radius 2 is 1.58 bits per heavy atom. The van der Waals surface area contributed by atoms with E-state index in [4.69, 9.17) is 0 Å². The number of anilines is 1. The molecule has 24 heavy (non-hydrogen) atoms. The molecule has 1 N–H and O–H groups in total. The van der Waals surface area contributed by atoms with Gasteiger partial charge in [-0.3, -0.25) is 9.59 Å². The molecule has 2 aromatic rings. The highest BCUT2D eigenvalue weighted by Gasteiger charge is 2.42. The number of hydrogen-bond donors (Lipinski definition) is 1. The number of hydrogen-bond acceptors (Lipinski definition) is 3. The van der Waals surface area contributed by atoms with Crippen molar-refractivity contribution >= 4 is 29.3 Å². The molecule has 1 heterocycles. The lowest BCUT2D eigenvalue weighted by atomic mass is 10.00. The van der Waals surface area contributed by atoms with Crippen molar-refractivity contribution in [1.29, 1.82) is 0 Å². The molecule has 0 spiro atoms. The molecule has 1 saturated heterocycles. The first-order valence-electron chi connectivity index (χ1n) is 7.15. The zero-order chi connectivity index (χ0) is 17.3. The number of halogens is 2. The Labute approximate surface area is 141 Å². The van der Waals surface area contributed by atoms with Crippen LogP contribution >= 0.6 is 11.8 Å². The van der Waals surface area contributed by atoms with Crippen molar-refractivity contribution in [2.24, 2.45) is 0 Å². The lowest BCUT2D eigenvalue weighted by Gasteiger charge is -2.39. The maximum Gasteiger partial charge on any atom is 0.319 e. The third-order valence-corrected chi connectivity index (χ3v) is 5.01.